The van der Waals surface area contributed by atoms with Crippen LogP contribution in [0, 0.1) is 5.92 Å². The molecule has 0 aromatic carbocycles. The summed E-state index contributed by atoms with van der Waals surface area (Å²) in [7, 11) is 0. The summed E-state index contributed by atoms with van der Waals surface area (Å²) in [6, 6.07) is 0. The average Bonchev–Trinajstić information content (AvgIpc) is 2.80. The van der Waals surface area contributed by atoms with Gasteiger partial charge in [-0.05, 0) is 25.2 Å². The normalized spacial score (nSPS) is 23.9. The van der Waals surface area contributed by atoms with E-state index >= 15 is 0 Å². The number of likely N-dealkylation sites (tertiary alicyclic amines) is 1. The number of hydrogen-bond acceptors (Lipinski definition) is 1. The SMILES string of the molecule is O=C(CCC1CCCC1)N1CCC(Br)CC1. The van der Waals surface area contributed by atoms with Crippen LogP contribution in [0.25, 0.3) is 0 Å². The van der Waals surface area contributed by atoms with Crippen molar-refractivity contribution in [3.8, 4) is 0 Å². The van der Waals surface area contributed by atoms with E-state index in [2.05, 4.69) is 20.8 Å². The molecule has 1 saturated heterocycles. The minimum Gasteiger partial charge on any atom is -0.343 e. The lowest BCUT2D eigenvalue weighted by Crippen LogP contribution is -2.38. The Morgan fingerprint density at radius 3 is 2.38 bits per heavy atom. The van der Waals surface area contributed by atoms with Gasteiger partial charge in [0.1, 0.15) is 0 Å². The number of piperidine rings is 1. The maximum Gasteiger partial charge on any atom is 0.222 e. The molecule has 0 atom stereocenters. The molecule has 0 N–H and O–H groups in total. The highest BCUT2D eigenvalue weighted by atomic mass is 79.9. The molecule has 1 amide bonds. The number of halogens is 1. The summed E-state index contributed by atoms with van der Waals surface area (Å²) >= 11 is 3.62. The van der Waals surface area contributed by atoms with Crippen LogP contribution >= 0.6 is 15.9 Å². The minimum atomic E-state index is 0.395. The van der Waals surface area contributed by atoms with Crippen molar-refractivity contribution in [2.45, 2.75) is 56.2 Å². The predicted octanol–water partition coefficient (Wildman–Crippen LogP) is 3.34. The number of carbonyl (C=O) groups is 1. The maximum absolute atomic E-state index is 12.0. The molecule has 0 aromatic rings. The zero-order valence-corrected chi connectivity index (χ0v) is 11.5. The summed E-state index contributed by atoms with van der Waals surface area (Å²) in [5.74, 6) is 1.24. The molecule has 1 heterocycles. The van der Waals surface area contributed by atoms with Crippen molar-refractivity contribution in [1.82, 2.24) is 4.90 Å². The quantitative estimate of drug-likeness (QED) is 0.729. The predicted molar refractivity (Wildman–Crippen MR) is 69.7 cm³/mol. The molecule has 1 aliphatic heterocycles. The van der Waals surface area contributed by atoms with Gasteiger partial charge in [0, 0.05) is 24.3 Å². The standard InChI is InChI=1S/C13H22BrNO/c14-12-7-9-15(10-8-12)13(16)6-5-11-3-1-2-4-11/h11-12H,1-10H2. The third kappa shape index (κ3) is 3.47. The van der Waals surface area contributed by atoms with Crippen LogP contribution in [0.5, 0.6) is 0 Å². The summed E-state index contributed by atoms with van der Waals surface area (Å²) in [6.07, 6.45) is 9.64. The van der Waals surface area contributed by atoms with Gasteiger partial charge >= 0.3 is 0 Å². The molecule has 16 heavy (non-hydrogen) atoms. The number of amides is 1. The van der Waals surface area contributed by atoms with E-state index in [1.54, 1.807) is 0 Å². The third-order valence-electron chi connectivity index (χ3n) is 4.02. The topological polar surface area (TPSA) is 20.3 Å². The third-order valence-corrected chi connectivity index (χ3v) is 4.93. The first kappa shape index (κ1) is 12.4. The molecule has 2 rings (SSSR count). The van der Waals surface area contributed by atoms with Crippen molar-refractivity contribution in [2.24, 2.45) is 5.92 Å². The van der Waals surface area contributed by atoms with Crippen LogP contribution in [0.15, 0.2) is 0 Å². The van der Waals surface area contributed by atoms with E-state index in [4.69, 9.17) is 0 Å². The Balaban J connectivity index is 1.67. The molecule has 1 saturated carbocycles. The van der Waals surface area contributed by atoms with Gasteiger partial charge in [-0.3, -0.25) is 4.79 Å². The van der Waals surface area contributed by atoms with Gasteiger partial charge in [0.05, 0.1) is 0 Å². The van der Waals surface area contributed by atoms with Gasteiger partial charge in [-0.25, -0.2) is 0 Å². The zero-order valence-electron chi connectivity index (χ0n) is 9.96. The van der Waals surface area contributed by atoms with E-state index in [9.17, 15) is 4.79 Å². The van der Waals surface area contributed by atoms with Crippen molar-refractivity contribution in [3.05, 3.63) is 0 Å². The van der Waals surface area contributed by atoms with Crippen molar-refractivity contribution in [2.75, 3.05) is 13.1 Å². The second kappa shape index (κ2) is 6.04. The van der Waals surface area contributed by atoms with E-state index in [-0.39, 0.29) is 0 Å². The van der Waals surface area contributed by atoms with Crippen molar-refractivity contribution in [1.29, 1.82) is 0 Å². The van der Waals surface area contributed by atoms with Gasteiger partial charge in [-0.2, -0.15) is 0 Å². The molecule has 1 aliphatic carbocycles. The fraction of sp³-hybridized carbons (Fsp3) is 0.923. The largest absolute Gasteiger partial charge is 0.343 e. The minimum absolute atomic E-state index is 0.395. The first-order valence-corrected chi connectivity index (χ1v) is 7.59. The molecule has 0 aromatic heterocycles. The molecule has 3 heteroatoms. The molecule has 0 radical (unpaired) electrons. The molecule has 0 unspecified atom stereocenters. The summed E-state index contributed by atoms with van der Waals surface area (Å²) in [6.45, 7) is 1.92. The Kier molecular flexibility index (Phi) is 4.68. The Labute approximate surface area is 107 Å². The van der Waals surface area contributed by atoms with Crippen LogP contribution < -0.4 is 0 Å². The van der Waals surface area contributed by atoms with Gasteiger partial charge in [-0.1, -0.05) is 41.6 Å². The monoisotopic (exact) mass is 287 g/mol. The summed E-state index contributed by atoms with van der Waals surface area (Å²) in [4.78, 5) is 14.7. The van der Waals surface area contributed by atoms with Crippen molar-refractivity contribution in [3.63, 3.8) is 0 Å². The van der Waals surface area contributed by atoms with E-state index in [0.29, 0.717) is 10.7 Å². The number of rotatable bonds is 3. The maximum atomic E-state index is 12.0. The van der Waals surface area contributed by atoms with Crippen LogP contribution in [0.1, 0.15) is 51.4 Å². The Hall–Kier alpha value is -0.0500. The van der Waals surface area contributed by atoms with Gasteiger partial charge in [0.15, 0.2) is 0 Å². The molecule has 2 fully saturated rings. The van der Waals surface area contributed by atoms with Crippen LogP contribution in [0.4, 0.5) is 0 Å². The Bertz CT molecular complexity index is 230. The summed E-state index contributed by atoms with van der Waals surface area (Å²) < 4.78 is 0. The van der Waals surface area contributed by atoms with Crippen LogP contribution in [-0.4, -0.2) is 28.7 Å². The highest BCUT2D eigenvalue weighted by Gasteiger charge is 2.22. The van der Waals surface area contributed by atoms with Gasteiger partial charge in [-0.15, -0.1) is 0 Å². The van der Waals surface area contributed by atoms with E-state index in [1.165, 1.54) is 25.7 Å². The molecule has 0 spiro atoms. The molecular weight excluding hydrogens is 266 g/mol. The van der Waals surface area contributed by atoms with Crippen LogP contribution in [-0.2, 0) is 4.79 Å². The smallest absolute Gasteiger partial charge is 0.222 e. The second-order valence-corrected chi connectivity index (χ2v) is 6.54. The second-order valence-electron chi connectivity index (χ2n) is 5.24. The van der Waals surface area contributed by atoms with Gasteiger partial charge < -0.3 is 4.90 Å². The fourth-order valence-corrected chi connectivity index (χ4v) is 3.29. The van der Waals surface area contributed by atoms with Crippen molar-refractivity contribution < 1.29 is 4.79 Å². The molecule has 92 valence electrons. The van der Waals surface area contributed by atoms with Gasteiger partial charge in [0.25, 0.3) is 0 Å². The molecule has 2 aliphatic rings. The number of alkyl halides is 1. The first-order chi connectivity index (χ1) is 7.75. The van der Waals surface area contributed by atoms with Crippen LogP contribution in [0.3, 0.4) is 0 Å². The first-order valence-electron chi connectivity index (χ1n) is 6.67. The lowest BCUT2D eigenvalue weighted by molar-refractivity contribution is -0.132. The molecule has 0 bridgehead atoms. The number of nitrogens with zero attached hydrogens (tertiary/aromatic N) is 1. The van der Waals surface area contributed by atoms with Crippen LogP contribution in [0.2, 0.25) is 0 Å². The lowest BCUT2D eigenvalue weighted by Gasteiger charge is -2.29. The van der Waals surface area contributed by atoms with E-state index in [1.807, 2.05) is 0 Å². The summed E-state index contributed by atoms with van der Waals surface area (Å²) in [5, 5.41) is 0. The zero-order chi connectivity index (χ0) is 11.4. The average molecular weight is 288 g/mol. The van der Waals surface area contributed by atoms with Crippen molar-refractivity contribution >= 4 is 21.8 Å². The Morgan fingerprint density at radius 1 is 1.12 bits per heavy atom. The molecule has 2 nitrogen and oxygen atoms in total. The Morgan fingerprint density at radius 2 is 1.75 bits per heavy atom. The molecular formula is C13H22BrNO. The number of carbonyl (C=O) groups excluding carboxylic acids is 1. The van der Waals surface area contributed by atoms with E-state index < -0.39 is 0 Å². The number of hydrogen-bond donors (Lipinski definition) is 0. The highest BCUT2D eigenvalue weighted by molar-refractivity contribution is 9.09. The summed E-state index contributed by atoms with van der Waals surface area (Å²) in [5.41, 5.74) is 0. The highest BCUT2D eigenvalue weighted by Crippen LogP contribution is 2.29. The lowest BCUT2D eigenvalue weighted by atomic mass is 10.0. The van der Waals surface area contributed by atoms with Gasteiger partial charge in [0.2, 0.25) is 5.91 Å². The fourth-order valence-electron chi connectivity index (χ4n) is 2.88. The van der Waals surface area contributed by atoms with E-state index in [0.717, 1.165) is 44.7 Å².